The number of carbonyl (C=O) groups is 1. The summed E-state index contributed by atoms with van der Waals surface area (Å²) in [4.78, 5) is 13.8. The standard InChI is InChI=1S/C16H24N2O/c1-12(19)14-4-6-15(7-5-14)18-11-13(10-17)8-9-16(18,2)3/h4-7,13H,8-11,17H2,1-3H3. The summed E-state index contributed by atoms with van der Waals surface area (Å²) in [5.74, 6) is 0.685. The lowest BCUT2D eigenvalue weighted by Crippen LogP contribution is -2.51. The molecule has 1 aromatic carbocycles. The zero-order chi connectivity index (χ0) is 14.0. The number of carbonyl (C=O) groups excluding carboxylic acids is 1. The summed E-state index contributed by atoms with van der Waals surface area (Å²) in [5, 5.41) is 0. The summed E-state index contributed by atoms with van der Waals surface area (Å²) >= 11 is 0. The summed E-state index contributed by atoms with van der Waals surface area (Å²) in [5.41, 5.74) is 7.94. The van der Waals surface area contributed by atoms with Gasteiger partial charge in [0.2, 0.25) is 0 Å². The Morgan fingerprint density at radius 3 is 2.53 bits per heavy atom. The smallest absolute Gasteiger partial charge is 0.159 e. The van der Waals surface area contributed by atoms with Crippen LogP contribution in [-0.4, -0.2) is 24.4 Å². The third-order valence-electron chi connectivity index (χ3n) is 4.25. The molecule has 0 spiro atoms. The van der Waals surface area contributed by atoms with Gasteiger partial charge in [0.05, 0.1) is 0 Å². The van der Waals surface area contributed by atoms with E-state index < -0.39 is 0 Å². The first-order chi connectivity index (χ1) is 8.94. The summed E-state index contributed by atoms with van der Waals surface area (Å²) < 4.78 is 0. The van der Waals surface area contributed by atoms with Gasteiger partial charge in [0.1, 0.15) is 0 Å². The van der Waals surface area contributed by atoms with Crippen LogP contribution in [0.4, 0.5) is 5.69 Å². The number of hydrogen-bond acceptors (Lipinski definition) is 3. The van der Waals surface area contributed by atoms with Crippen LogP contribution in [0.2, 0.25) is 0 Å². The first-order valence-electron chi connectivity index (χ1n) is 7.03. The molecule has 0 aliphatic carbocycles. The SMILES string of the molecule is CC(=O)c1ccc(N2CC(CN)CCC2(C)C)cc1. The van der Waals surface area contributed by atoms with E-state index in [1.807, 2.05) is 12.1 Å². The Morgan fingerprint density at radius 2 is 2.00 bits per heavy atom. The second kappa shape index (κ2) is 5.33. The van der Waals surface area contributed by atoms with Crippen molar-refractivity contribution in [2.45, 2.75) is 39.2 Å². The number of hydrogen-bond donors (Lipinski definition) is 1. The highest BCUT2D eigenvalue weighted by atomic mass is 16.1. The Hall–Kier alpha value is -1.35. The number of Topliss-reactive ketones (excluding diaryl/α,β-unsaturated/α-hetero) is 1. The number of ketones is 1. The average Bonchev–Trinajstić information content (AvgIpc) is 2.39. The molecule has 19 heavy (non-hydrogen) atoms. The molecule has 1 saturated heterocycles. The van der Waals surface area contributed by atoms with Crippen LogP contribution in [-0.2, 0) is 0 Å². The van der Waals surface area contributed by atoms with Gasteiger partial charge in [-0.1, -0.05) is 0 Å². The first kappa shape index (κ1) is 14.1. The quantitative estimate of drug-likeness (QED) is 0.850. The third-order valence-corrected chi connectivity index (χ3v) is 4.25. The molecule has 1 aromatic rings. The number of nitrogens with two attached hydrogens (primary N) is 1. The maximum Gasteiger partial charge on any atom is 0.159 e. The van der Waals surface area contributed by atoms with Crippen molar-refractivity contribution >= 4 is 11.5 Å². The van der Waals surface area contributed by atoms with Crippen molar-refractivity contribution < 1.29 is 4.79 Å². The minimum Gasteiger partial charge on any atom is -0.366 e. The average molecular weight is 260 g/mol. The molecule has 1 unspecified atom stereocenters. The largest absolute Gasteiger partial charge is 0.366 e. The van der Waals surface area contributed by atoms with Gasteiger partial charge in [0.15, 0.2) is 5.78 Å². The molecule has 1 heterocycles. The number of benzene rings is 1. The molecule has 0 amide bonds. The van der Waals surface area contributed by atoms with Crippen LogP contribution < -0.4 is 10.6 Å². The van der Waals surface area contributed by atoms with Gasteiger partial charge in [-0.25, -0.2) is 0 Å². The molecule has 104 valence electrons. The molecular weight excluding hydrogens is 236 g/mol. The fraction of sp³-hybridized carbons (Fsp3) is 0.562. The van der Waals surface area contributed by atoms with Gasteiger partial charge in [-0.05, 0) is 70.3 Å². The Kier molecular flexibility index (Phi) is 3.95. The molecule has 2 N–H and O–H groups in total. The predicted molar refractivity (Wildman–Crippen MR) is 79.6 cm³/mol. The molecule has 2 rings (SSSR count). The summed E-state index contributed by atoms with van der Waals surface area (Å²) in [7, 11) is 0. The highest BCUT2D eigenvalue weighted by Crippen LogP contribution is 2.34. The Labute approximate surface area is 115 Å². The summed E-state index contributed by atoms with van der Waals surface area (Å²) in [6.45, 7) is 7.91. The monoisotopic (exact) mass is 260 g/mol. The number of piperidine rings is 1. The maximum absolute atomic E-state index is 11.3. The number of nitrogens with zero attached hydrogens (tertiary/aromatic N) is 1. The summed E-state index contributed by atoms with van der Waals surface area (Å²) in [6.07, 6.45) is 2.36. The van der Waals surface area contributed by atoms with E-state index in [1.165, 1.54) is 12.1 Å². The van der Waals surface area contributed by atoms with Crippen LogP contribution in [0.15, 0.2) is 24.3 Å². The van der Waals surface area contributed by atoms with Crippen molar-refractivity contribution in [3.05, 3.63) is 29.8 Å². The predicted octanol–water partition coefficient (Wildman–Crippen LogP) is 2.84. The topological polar surface area (TPSA) is 46.3 Å². The van der Waals surface area contributed by atoms with E-state index in [-0.39, 0.29) is 11.3 Å². The van der Waals surface area contributed by atoms with Gasteiger partial charge in [-0.3, -0.25) is 4.79 Å². The van der Waals surface area contributed by atoms with Crippen molar-refractivity contribution in [3.63, 3.8) is 0 Å². The lowest BCUT2D eigenvalue weighted by molar-refractivity contribution is 0.101. The summed E-state index contributed by atoms with van der Waals surface area (Å²) in [6, 6.07) is 7.94. The minimum atomic E-state index is 0.115. The minimum absolute atomic E-state index is 0.115. The normalized spacial score (nSPS) is 22.3. The molecule has 1 atom stereocenters. The van der Waals surface area contributed by atoms with Gasteiger partial charge in [-0.2, -0.15) is 0 Å². The van der Waals surface area contributed by atoms with Gasteiger partial charge in [-0.15, -0.1) is 0 Å². The Morgan fingerprint density at radius 1 is 1.37 bits per heavy atom. The van der Waals surface area contributed by atoms with Gasteiger partial charge in [0, 0.05) is 23.3 Å². The van der Waals surface area contributed by atoms with Crippen LogP contribution in [0.1, 0.15) is 44.0 Å². The molecule has 3 heteroatoms. The maximum atomic E-state index is 11.3. The highest BCUT2D eigenvalue weighted by Gasteiger charge is 2.33. The lowest BCUT2D eigenvalue weighted by Gasteiger charge is -2.47. The Balaban J connectivity index is 2.24. The fourth-order valence-electron chi connectivity index (χ4n) is 2.81. The van der Waals surface area contributed by atoms with Crippen LogP contribution in [0.25, 0.3) is 0 Å². The van der Waals surface area contributed by atoms with E-state index in [0.29, 0.717) is 5.92 Å². The second-order valence-corrected chi connectivity index (χ2v) is 6.17. The number of rotatable bonds is 3. The van der Waals surface area contributed by atoms with Crippen molar-refractivity contribution in [1.29, 1.82) is 0 Å². The molecule has 0 radical (unpaired) electrons. The van der Waals surface area contributed by atoms with E-state index in [2.05, 4.69) is 30.9 Å². The van der Waals surface area contributed by atoms with Crippen LogP contribution in [0.5, 0.6) is 0 Å². The molecule has 1 aliphatic heterocycles. The third kappa shape index (κ3) is 2.98. The van der Waals surface area contributed by atoms with Crippen molar-refractivity contribution in [2.75, 3.05) is 18.0 Å². The van der Waals surface area contributed by atoms with E-state index in [4.69, 9.17) is 5.73 Å². The Bertz CT molecular complexity index is 450. The molecule has 0 saturated carbocycles. The van der Waals surface area contributed by atoms with Gasteiger partial charge < -0.3 is 10.6 Å². The van der Waals surface area contributed by atoms with Crippen molar-refractivity contribution in [2.24, 2.45) is 11.7 Å². The van der Waals surface area contributed by atoms with E-state index in [9.17, 15) is 4.79 Å². The van der Waals surface area contributed by atoms with E-state index >= 15 is 0 Å². The van der Waals surface area contributed by atoms with Gasteiger partial charge in [0.25, 0.3) is 0 Å². The molecular formula is C16H24N2O. The lowest BCUT2D eigenvalue weighted by atomic mass is 9.84. The van der Waals surface area contributed by atoms with Crippen molar-refractivity contribution in [3.8, 4) is 0 Å². The molecule has 0 bridgehead atoms. The fourth-order valence-corrected chi connectivity index (χ4v) is 2.81. The molecule has 3 nitrogen and oxygen atoms in total. The molecule has 1 aliphatic rings. The van der Waals surface area contributed by atoms with Crippen LogP contribution >= 0.6 is 0 Å². The van der Waals surface area contributed by atoms with Gasteiger partial charge >= 0.3 is 0 Å². The van der Waals surface area contributed by atoms with Crippen LogP contribution in [0, 0.1) is 5.92 Å². The van der Waals surface area contributed by atoms with E-state index in [1.54, 1.807) is 6.92 Å². The highest BCUT2D eigenvalue weighted by molar-refractivity contribution is 5.94. The molecule has 0 aromatic heterocycles. The molecule has 1 fully saturated rings. The second-order valence-electron chi connectivity index (χ2n) is 6.17. The zero-order valence-corrected chi connectivity index (χ0v) is 12.1. The first-order valence-corrected chi connectivity index (χ1v) is 7.03. The number of anilines is 1. The van der Waals surface area contributed by atoms with E-state index in [0.717, 1.165) is 25.1 Å². The van der Waals surface area contributed by atoms with Crippen LogP contribution in [0.3, 0.4) is 0 Å². The zero-order valence-electron chi connectivity index (χ0n) is 12.1. The van der Waals surface area contributed by atoms with Crippen molar-refractivity contribution in [1.82, 2.24) is 0 Å².